The summed E-state index contributed by atoms with van der Waals surface area (Å²) in [6.45, 7) is 2.78. The SMILES string of the molecule is CC1CCN(C(=O)C(N)C(F)(F)F)CC1.Cl. The van der Waals surface area contributed by atoms with Gasteiger partial charge in [-0.25, -0.2) is 0 Å². The van der Waals surface area contributed by atoms with E-state index in [9.17, 15) is 18.0 Å². The molecule has 0 aliphatic carbocycles. The van der Waals surface area contributed by atoms with E-state index in [2.05, 4.69) is 0 Å². The summed E-state index contributed by atoms with van der Waals surface area (Å²) in [5, 5.41) is 0. The first-order chi connectivity index (χ1) is 6.82. The molecule has 1 aliphatic heterocycles. The Morgan fingerprint density at radius 2 is 1.81 bits per heavy atom. The smallest absolute Gasteiger partial charge is 0.341 e. The number of carbonyl (C=O) groups is 1. The highest BCUT2D eigenvalue weighted by Crippen LogP contribution is 2.22. The molecule has 0 aromatic heterocycles. The second-order valence-electron chi connectivity index (χ2n) is 4.03. The standard InChI is InChI=1S/C9H15F3N2O.ClH/c1-6-2-4-14(5-3-6)8(15)7(13)9(10,11)12;/h6-7H,2-5,13H2,1H3;1H. The van der Waals surface area contributed by atoms with Gasteiger partial charge in [-0.15, -0.1) is 12.4 Å². The zero-order chi connectivity index (χ0) is 11.6. The summed E-state index contributed by atoms with van der Waals surface area (Å²) in [5.41, 5.74) is 4.84. The number of amides is 1. The number of nitrogens with two attached hydrogens (primary N) is 1. The number of carbonyl (C=O) groups excluding carboxylic acids is 1. The van der Waals surface area contributed by atoms with Gasteiger partial charge in [-0.05, 0) is 18.8 Å². The first-order valence-corrected chi connectivity index (χ1v) is 4.93. The molecule has 0 aromatic carbocycles. The average molecular weight is 261 g/mol. The molecule has 2 N–H and O–H groups in total. The molecule has 16 heavy (non-hydrogen) atoms. The van der Waals surface area contributed by atoms with Gasteiger partial charge in [-0.3, -0.25) is 4.79 Å². The average Bonchev–Trinajstić information content (AvgIpc) is 2.15. The van der Waals surface area contributed by atoms with Crippen LogP contribution in [0.25, 0.3) is 0 Å². The van der Waals surface area contributed by atoms with Gasteiger partial charge in [-0.1, -0.05) is 6.92 Å². The van der Waals surface area contributed by atoms with Gasteiger partial charge in [0.15, 0.2) is 6.04 Å². The van der Waals surface area contributed by atoms with Crippen molar-refractivity contribution in [2.75, 3.05) is 13.1 Å². The van der Waals surface area contributed by atoms with Crippen molar-refractivity contribution in [2.24, 2.45) is 11.7 Å². The van der Waals surface area contributed by atoms with Crippen LogP contribution in [0.4, 0.5) is 13.2 Å². The number of hydrogen-bond acceptors (Lipinski definition) is 2. The minimum atomic E-state index is -4.64. The first-order valence-electron chi connectivity index (χ1n) is 4.93. The number of rotatable bonds is 1. The van der Waals surface area contributed by atoms with E-state index in [1.807, 2.05) is 6.92 Å². The quantitative estimate of drug-likeness (QED) is 0.778. The highest BCUT2D eigenvalue weighted by atomic mass is 35.5. The van der Waals surface area contributed by atoms with Crippen molar-refractivity contribution in [1.82, 2.24) is 4.90 Å². The summed E-state index contributed by atoms with van der Waals surface area (Å²) in [6, 6.07) is -2.37. The van der Waals surface area contributed by atoms with Crippen LogP contribution in [0.3, 0.4) is 0 Å². The van der Waals surface area contributed by atoms with Crippen LogP contribution < -0.4 is 5.73 Å². The topological polar surface area (TPSA) is 46.3 Å². The molecule has 1 amide bonds. The maximum absolute atomic E-state index is 12.2. The van der Waals surface area contributed by atoms with Crippen molar-refractivity contribution >= 4 is 18.3 Å². The Kier molecular flexibility index (Phi) is 5.55. The van der Waals surface area contributed by atoms with E-state index in [1.165, 1.54) is 4.90 Å². The molecule has 0 saturated carbocycles. The summed E-state index contributed by atoms with van der Waals surface area (Å²) in [6.07, 6.45) is -3.15. The van der Waals surface area contributed by atoms with E-state index in [0.29, 0.717) is 19.0 Å². The van der Waals surface area contributed by atoms with Crippen LogP contribution in [0, 0.1) is 5.92 Å². The van der Waals surface area contributed by atoms with Crippen molar-refractivity contribution in [1.29, 1.82) is 0 Å². The van der Waals surface area contributed by atoms with E-state index in [1.54, 1.807) is 0 Å². The molecule has 0 bridgehead atoms. The van der Waals surface area contributed by atoms with Gasteiger partial charge in [0.05, 0.1) is 0 Å². The zero-order valence-corrected chi connectivity index (χ0v) is 9.77. The molecular formula is C9H16ClF3N2O. The summed E-state index contributed by atoms with van der Waals surface area (Å²) in [5.74, 6) is -0.537. The molecule has 96 valence electrons. The van der Waals surface area contributed by atoms with Crippen LogP contribution in [-0.2, 0) is 4.79 Å². The van der Waals surface area contributed by atoms with Gasteiger partial charge < -0.3 is 10.6 Å². The van der Waals surface area contributed by atoms with Crippen molar-refractivity contribution in [2.45, 2.75) is 32.0 Å². The maximum Gasteiger partial charge on any atom is 0.412 e. The monoisotopic (exact) mass is 260 g/mol. The lowest BCUT2D eigenvalue weighted by Crippen LogP contribution is -2.53. The molecule has 1 heterocycles. The Bertz CT molecular complexity index is 239. The van der Waals surface area contributed by atoms with E-state index < -0.39 is 18.1 Å². The highest BCUT2D eigenvalue weighted by molar-refractivity contribution is 5.85. The Morgan fingerprint density at radius 1 is 1.38 bits per heavy atom. The van der Waals surface area contributed by atoms with Crippen LogP contribution in [0.2, 0.25) is 0 Å². The lowest BCUT2D eigenvalue weighted by atomic mass is 9.99. The van der Waals surface area contributed by atoms with E-state index in [-0.39, 0.29) is 12.4 Å². The molecule has 1 aliphatic rings. The molecule has 0 aromatic rings. The lowest BCUT2D eigenvalue weighted by Gasteiger charge is -2.32. The minimum absolute atomic E-state index is 0. The van der Waals surface area contributed by atoms with Gasteiger partial charge >= 0.3 is 6.18 Å². The molecule has 0 spiro atoms. The van der Waals surface area contributed by atoms with Crippen molar-refractivity contribution < 1.29 is 18.0 Å². The van der Waals surface area contributed by atoms with Gasteiger partial charge in [-0.2, -0.15) is 13.2 Å². The molecule has 0 radical (unpaired) electrons. The highest BCUT2D eigenvalue weighted by Gasteiger charge is 2.44. The minimum Gasteiger partial charge on any atom is -0.341 e. The van der Waals surface area contributed by atoms with Crippen molar-refractivity contribution in [3.63, 3.8) is 0 Å². The fourth-order valence-electron chi connectivity index (χ4n) is 1.57. The van der Waals surface area contributed by atoms with Crippen LogP contribution in [0.15, 0.2) is 0 Å². The largest absolute Gasteiger partial charge is 0.412 e. The second-order valence-corrected chi connectivity index (χ2v) is 4.03. The fourth-order valence-corrected chi connectivity index (χ4v) is 1.57. The molecule has 1 unspecified atom stereocenters. The molecular weight excluding hydrogens is 245 g/mol. The van der Waals surface area contributed by atoms with Gasteiger partial charge in [0.25, 0.3) is 0 Å². The van der Waals surface area contributed by atoms with Crippen molar-refractivity contribution in [3.8, 4) is 0 Å². The molecule has 1 rings (SSSR count). The summed E-state index contributed by atoms with van der Waals surface area (Å²) in [7, 11) is 0. The van der Waals surface area contributed by atoms with Crippen molar-refractivity contribution in [3.05, 3.63) is 0 Å². The number of piperidine rings is 1. The van der Waals surface area contributed by atoms with E-state index in [4.69, 9.17) is 5.73 Å². The Labute approximate surface area is 98.6 Å². The van der Waals surface area contributed by atoms with Crippen LogP contribution >= 0.6 is 12.4 Å². The van der Waals surface area contributed by atoms with Gasteiger partial charge in [0.2, 0.25) is 5.91 Å². The molecule has 1 fully saturated rings. The van der Waals surface area contributed by atoms with Gasteiger partial charge in [0, 0.05) is 13.1 Å². The van der Waals surface area contributed by atoms with Gasteiger partial charge in [0.1, 0.15) is 0 Å². The fraction of sp³-hybridized carbons (Fsp3) is 0.889. The van der Waals surface area contributed by atoms with Crippen LogP contribution in [0.5, 0.6) is 0 Å². The number of likely N-dealkylation sites (tertiary alicyclic amines) is 1. The third-order valence-corrected chi connectivity index (χ3v) is 2.71. The Hall–Kier alpha value is -0.490. The number of halogens is 4. The van der Waals surface area contributed by atoms with E-state index in [0.717, 1.165) is 12.8 Å². The number of alkyl halides is 3. The third kappa shape index (κ3) is 3.83. The summed E-state index contributed by atoms with van der Waals surface area (Å²) < 4.78 is 36.5. The predicted molar refractivity (Wildman–Crippen MR) is 56.3 cm³/mol. The first kappa shape index (κ1) is 15.5. The van der Waals surface area contributed by atoms with Crippen LogP contribution in [-0.4, -0.2) is 36.1 Å². The molecule has 7 heteroatoms. The summed E-state index contributed by atoms with van der Waals surface area (Å²) >= 11 is 0. The number of nitrogens with zero attached hydrogens (tertiary/aromatic N) is 1. The number of hydrogen-bond donors (Lipinski definition) is 1. The normalized spacial score (nSPS) is 20.2. The lowest BCUT2D eigenvalue weighted by molar-refractivity contribution is -0.170. The maximum atomic E-state index is 12.2. The Morgan fingerprint density at radius 3 is 2.19 bits per heavy atom. The summed E-state index contributed by atoms with van der Waals surface area (Å²) in [4.78, 5) is 12.5. The predicted octanol–water partition coefficient (Wildman–Crippen LogP) is 1.56. The van der Waals surface area contributed by atoms with E-state index >= 15 is 0 Å². The van der Waals surface area contributed by atoms with Crippen LogP contribution in [0.1, 0.15) is 19.8 Å². The molecule has 3 nitrogen and oxygen atoms in total. The molecule has 1 atom stereocenters. The second kappa shape index (κ2) is 5.72. The third-order valence-electron chi connectivity index (χ3n) is 2.71. The zero-order valence-electron chi connectivity index (χ0n) is 8.96. The molecule has 1 saturated heterocycles. The Balaban J connectivity index is 0.00000225.